The zero-order valence-electron chi connectivity index (χ0n) is 14.9. The van der Waals surface area contributed by atoms with E-state index in [1.54, 1.807) is 14.2 Å². The first-order chi connectivity index (χ1) is 11.2. The molecule has 0 aliphatic rings. The fourth-order valence-electron chi connectivity index (χ4n) is 2.26. The van der Waals surface area contributed by atoms with Gasteiger partial charge < -0.3 is 19.7 Å². The first-order valence-electron chi connectivity index (χ1n) is 7.90. The number of likely N-dealkylation sites (N-methyl/N-ethyl adjacent to an activating group) is 1. The van der Waals surface area contributed by atoms with Crippen LogP contribution in [-0.4, -0.2) is 52.3 Å². The third kappa shape index (κ3) is 6.22. The van der Waals surface area contributed by atoms with Crippen molar-refractivity contribution in [2.24, 2.45) is 4.99 Å². The number of aliphatic imine (C=N–C) groups is 1. The van der Waals surface area contributed by atoms with Crippen LogP contribution in [-0.2, 0) is 6.42 Å². The van der Waals surface area contributed by atoms with Crippen LogP contribution in [0.1, 0.15) is 18.9 Å². The summed E-state index contributed by atoms with van der Waals surface area (Å²) >= 11 is 0. The van der Waals surface area contributed by atoms with Gasteiger partial charge in [0, 0.05) is 27.2 Å². The zero-order valence-corrected chi connectivity index (χ0v) is 14.9. The second kappa shape index (κ2) is 10.5. The van der Waals surface area contributed by atoms with Crippen LogP contribution >= 0.6 is 0 Å². The average Bonchev–Trinajstić information content (AvgIpc) is 2.59. The SMILES string of the molecule is C/C=C/CCNC(=NC)N(C)CCc1ccc(OC)c(OC)c1. The molecule has 0 aliphatic carbocycles. The molecule has 0 bridgehead atoms. The molecule has 0 aromatic heterocycles. The normalized spacial score (nSPS) is 11.6. The third-order valence-electron chi connectivity index (χ3n) is 3.59. The summed E-state index contributed by atoms with van der Waals surface area (Å²) in [5, 5.41) is 3.36. The minimum Gasteiger partial charge on any atom is -0.493 e. The number of allylic oxidation sites excluding steroid dienone is 1. The number of guanidine groups is 1. The Balaban J connectivity index is 2.55. The Labute approximate surface area is 140 Å². The molecule has 1 aromatic rings. The van der Waals surface area contributed by atoms with Crippen molar-refractivity contribution in [2.75, 3.05) is 41.4 Å². The highest BCUT2D eigenvalue weighted by Gasteiger charge is 2.08. The van der Waals surface area contributed by atoms with E-state index in [1.165, 1.54) is 5.56 Å². The number of nitrogens with one attached hydrogen (secondary N) is 1. The summed E-state index contributed by atoms with van der Waals surface area (Å²) < 4.78 is 10.6. The van der Waals surface area contributed by atoms with Crippen molar-refractivity contribution in [3.63, 3.8) is 0 Å². The Hall–Kier alpha value is -2.17. The summed E-state index contributed by atoms with van der Waals surface area (Å²) in [6.45, 7) is 3.79. The number of rotatable bonds is 8. The van der Waals surface area contributed by atoms with E-state index in [0.29, 0.717) is 0 Å². The Morgan fingerprint density at radius 3 is 2.61 bits per heavy atom. The lowest BCUT2D eigenvalue weighted by atomic mass is 10.1. The average molecular weight is 319 g/mol. The van der Waals surface area contributed by atoms with Gasteiger partial charge in [-0.3, -0.25) is 4.99 Å². The molecule has 0 heterocycles. The van der Waals surface area contributed by atoms with E-state index in [2.05, 4.69) is 33.4 Å². The van der Waals surface area contributed by atoms with Gasteiger partial charge in [0.2, 0.25) is 0 Å². The molecule has 0 fully saturated rings. The second-order valence-electron chi connectivity index (χ2n) is 5.19. The maximum absolute atomic E-state index is 5.35. The summed E-state index contributed by atoms with van der Waals surface area (Å²) in [4.78, 5) is 6.45. The predicted molar refractivity (Wildman–Crippen MR) is 96.7 cm³/mol. The molecule has 0 saturated carbocycles. The van der Waals surface area contributed by atoms with Gasteiger partial charge in [-0.25, -0.2) is 0 Å². The van der Waals surface area contributed by atoms with Crippen LogP contribution in [0.3, 0.4) is 0 Å². The van der Waals surface area contributed by atoms with Crippen molar-refractivity contribution in [3.05, 3.63) is 35.9 Å². The quantitative estimate of drug-likeness (QED) is 0.346. The van der Waals surface area contributed by atoms with E-state index in [4.69, 9.17) is 9.47 Å². The first kappa shape index (κ1) is 18.9. The highest BCUT2D eigenvalue weighted by molar-refractivity contribution is 5.79. The van der Waals surface area contributed by atoms with Crippen LogP contribution in [0.25, 0.3) is 0 Å². The number of methoxy groups -OCH3 is 2. The number of ether oxygens (including phenoxy) is 2. The van der Waals surface area contributed by atoms with Crippen LogP contribution in [0.2, 0.25) is 0 Å². The maximum atomic E-state index is 5.35. The standard InChI is InChI=1S/C18H29N3O2/c1-6-7-8-12-20-18(19-2)21(3)13-11-15-9-10-16(22-4)17(14-15)23-5/h6-7,9-10,14H,8,11-13H2,1-5H3,(H,19,20)/b7-6+. The molecule has 0 saturated heterocycles. The Morgan fingerprint density at radius 1 is 1.26 bits per heavy atom. The molecule has 5 heteroatoms. The third-order valence-corrected chi connectivity index (χ3v) is 3.59. The lowest BCUT2D eigenvalue weighted by Gasteiger charge is -2.22. The smallest absolute Gasteiger partial charge is 0.193 e. The van der Waals surface area contributed by atoms with Crippen LogP contribution < -0.4 is 14.8 Å². The second-order valence-corrected chi connectivity index (χ2v) is 5.19. The van der Waals surface area contributed by atoms with E-state index in [-0.39, 0.29) is 0 Å². The van der Waals surface area contributed by atoms with Gasteiger partial charge in [-0.15, -0.1) is 0 Å². The zero-order chi connectivity index (χ0) is 17.1. The summed E-state index contributed by atoms with van der Waals surface area (Å²) in [6, 6.07) is 6.03. The topological polar surface area (TPSA) is 46.1 Å². The van der Waals surface area contributed by atoms with Gasteiger partial charge in [0.05, 0.1) is 14.2 Å². The number of nitrogens with zero attached hydrogens (tertiary/aromatic N) is 2. The minimum atomic E-state index is 0.756. The van der Waals surface area contributed by atoms with Gasteiger partial charge in [-0.2, -0.15) is 0 Å². The molecule has 0 radical (unpaired) electrons. The Kier molecular flexibility index (Phi) is 8.65. The van der Waals surface area contributed by atoms with Gasteiger partial charge in [0.15, 0.2) is 17.5 Å². The highest BCUT2D eigenvalue weighted by Crippen LogP contribution is 2.27. The van der Waals surface area contributed by atoms with Gasteiger partial charge in [-0.1, -0.05) is 18.2 Å². The minimum absolute atomic E-state index is 0.756. The van der Waals surface area contributed by atoms with Crippen molar-refractivity contribution in [1.82, 2.24) is 10.2 Å². The highest BCUT2D eigenvalue weighted by atomic mass is 16.5. The molecular weight excluding hydrogens is 290 g/mol. The molecule has 1 rings (SSSR count). The van der Waals surface area contributed by atoms with Crippen molar-refractivity contribution < 1.29 is 9.47 Å². The fraction of sp³-hybridized carbons (Fsp3) is 0.500. The maximum Gasteiger partial charge on any atom is 0.193 e. The summed E-state index contributed by atoms with van der Waals surface area (Å²) in [7, 11) is 7.16. The molecule has 23 heavy (non-hydrogen) atoms. The summed E-state index contributed by atoms with van der Waals surface area (Å²) in [5.41, 5.74) is 1.21. The lowest BCUT2D eigenvalue weighted by molar-refractivity contribution is 0.354. The number of benzene rings is 1. The monoisotopic (exact) mass is 319 g/mol. The lowest BCUT2D eigenvalue weighted by Crippen LogP contribution is -2.40. The van der Waals surface area contributed by atoms with Crippen molar-refractivity contribution >= 4 is 5.96 Å². The predicted octanol–water partition coefficient (Wildman–Crippen LogP) is 2.72. The van der Waals surface area contributed by atoms with Gasteiger partial charge in [0.1, 0.15) is 0 Å². The van der Waals surface area contributed by atoms with E-state index in [0.717, 1.165) is 43.4 Å². The molecule has 5 nitrogen and oxygen atoms in total. The fourth-order valence-corrected chi connectivity index (χ4v) is 2.26. The molecule has 0 spiro atoms. The van der Waals surface area contributed by atoms with Gasteiger partial charge in [0.25, 0.3) is 0 Å². The van der Waals surface area contributed by atoms with E-state index < -0.39 is 0 Å². The molecule has 128 valence electrons. The van der Waals surface area contributed by atoms with E-state index in [9.17, 15) is 0 Å². The molecule has 0 atom stereocenters. The number of hydrogen-bond acceptors (Lipinski definition) is 3. The Bertz CT molecular complexity index is 527. The van der Waals surface area contributed by atoms with E-state index >= 15 is 0 Å². The summed E-state index contributed by atoms with van der Waals surface area (Å²) in [5.74, 6) is 2.43. The molecular formula is C18H29N3O2. The van der Waals surface area contributed by atoms with E-state index in [1.807, 2.05) is 33.2 Å². The molecule has 1 aromatic carbocycles. The van der Waals surface area contributed by atoms with Gasteiger partial charge >= 0.3 is 0 Å². The molecule has 0 aliphatic heterocycles. The summed E-state index contributed by atoms with van der Waals surface area (Å²) in [6.07, 6.45) is 6.11. The Morgan fingerprint density at radius 2 is 2.00 bits per heavy atom. The van der Waals surface area contributed by atoms with Crippen molar-refractivity contribution in [2.45, 2.75) is 19.8 Å². The van der Waals surface area contributed by atoms with Crippen LogP contribution in [0.4, 0.5) is 0 Å². The van der Waals surface area contributed by atoms with Crippen LogP contribution in [0.15, 0.2) is 35.3 Å². The van der Waals surface area contributed by atoms with Crippen molar-refractivity contribution in [1.29, 1.82) is 0 Å². The first-order valence-corrected chi connectivity index (χ1v) is 7.90. The van der Waals surface area contributed by atoms with Crippen LogP contribution in [0, 0.1) is 0 Å². The van der Waals surface area contributed by atoms with Crippen molar-refractivity contribution in [3.8, 4) is 11.5 Å². The largest absolute Gasteiger partial charge is 0.493 e. The number of hydrogen-bond donors (Lipinski definition) is 1. The van der Waals surface area contributed by atoms with Crippen LogP contribution in [0.5, 0.6) is 11.5 Å². The molecule has 1 N–H and O–H groups in total. The molecule has 0 amide bonds. The van der Waals surface area contributed by atoms with Gasteiger partial charge in [-0.05, 0) is 37.5 Å². The molecule has 0 unspecified atom stereocenters.